The van der Waals surface area contributed by atoms with Crippen LogP contribution in [-0.4, -0.2) is 6.18 Å². The highest BCUT2D eigenvalue weighted by atomic mass is 19.4. The lowest BCUT2D eigenvalue weighted by Gasteiger charge is -2.59. The van der Waals surface area contributed by atoms with Gasteiger partial charge in [-0.3, -0.25) is 0 Å². The van der Waals surface area contributed by atoms with Gasteiger partial charge in [-0.1, -0.05) is 78.0 Å². The van der Waals surface area contributed by atoms with Crippen LogP contribution in [0.25, 0.3) is 0 Å². The van der Waals surface area contributed by atoms with Crippen molar-refractivity contribution in [1.29, 1.82) is 0 Å². The van der Waals surface area contributed by atoms with Gasteiger partial charge in [-0.25, -0.2) is 0 Å². The number of hydrogen-bond acceptors (Lipinski definition) is 0. The molecule has 25 heavy (non-hydrogen) atoms. The Morgan fingerprint density at radius 2 is 1.40 bits per heavy atom. The molecule has 0 heterocycles. The molecule has 0 aromatic carbocycles. The zero-order chi connectivity index (χ0) is 19.1. The molecule has 0 fully saturated rings. The van der Waals surface area contributed by atoms with Crippen molar-refractivity contribution in [1.82, 2.24) is 0 Å². The van der Waals surface area contributed by atoms with E-state index in [1.165, 1.54) is 17.7 Å². The Balaban J connectivity index is 2.58. The van der Waals surface area contributed by atoms with Gasteiger partial charge in [-0.15, -0.1) is 0 Å². The van der Waals surface area contributed by atoms with E-state index in [4.69, 9.17) is 0 Å². The topological polar surface area (TPSA) is 0 Å². The molecule has 0 N–H and O–H groups in total. The molecule has 0 amide bonds. The highest BCUT2D eigenvalue weighted by Gasteiger charge is 2.56. The van der Waals surface area contributed by atoms with E-state index in [1.807, 2.05) is 6.08 Å². The van der Waals surface area contributed by atoms with Crippen LogP contribution in [0.1, 0.15) is 60.8 Å². The van der Waals surface area contributed by atoms with Crippen LogP contribution in [0.15, 0.2) is 47.6 Å². The van der Waals surface area contributed by atoms with Gasteiger partial charge in [0.15, 0.2) is 0 Å². The van der Waals surface area contributed by atoms with Crippen LogP contribution < -0.4 is 0 Å². The lowest BCUT2D eigenvalue weighted by molar-refractivity contribution is -0.0895. The van der Waals surface area contributed by atoms with E-state index in [1.54, 1.807) is 0 Å². The average Bonchev–Trinajstić information content (AvgIpc) is 2.45. The lowest BCUT2D eigenvalue weighted by Crippen LogP contribution is -2.52. The van der Waals surface area contributed by atoms with E-state index in [9.17, 15) is 13.2 Å². The predicted molar refractivity (Wildman–Crippen MR) is 99.2 cm³/mol. The SMILES string of the molecule is CC(C)(C)C(C1=CCCC=C1)(C1C=CC(C(F)(F)F)=CC1)C(C)(C)C. The van der Waals surface area contributed by atoms with E-state index in [0.717, 1.165) is 12.8 Å². The number of hydrogen-bond donors (Lipinski definition) is 0. The zero-order valence-corrected chi connectivity index (χ0v) is 16.3. The van der Waals surface area contributed by atoms with Gasteiger partial charge in [-0.05, 0) is 41.6 Å². The van der Waals surface area contributed by atoms with Crippen molar-refractivity contribution in [3.05, 3.63) is 47.6 Å². The van der Waals surface area contributed by atoms with Gasteiger partial charge in [0.25, 0.3) is 0 Å². The normalized spacial score (nSPS) is 22.7. The number of halogens is 3. The van der Waals surface area contributed by atoms with Crippen molar-refractivity contribution >= 4 is 0 Å². The molecule has 1 unspecified atom stereocenters. The number of alkyl halides is 3. The summed E-state index contributed by atoms with van der Waals surface area (Å²) in [6.45, 7) is 13.3. The van der Waals surface area contributed by atoms with Crippen LogP contribution in [0.2, 0.25) is 0 Å². The summed E-state index contributed by atoms with van der Waals surface area (Å²) in [6, 6.07) is 0. The summed E-state index contributed by atoms with van der Waals surface area (Å²) in [5.41, 5.74) is 0.307. The van der Waals surface area contributed by atoms with E-state index in [2.05, 4.69) is 59.8 Å². The lowest BCUT2D eigenvalue weighted by atomic mass is 9.45. The first kappa shape index (κ1) is 20.1. The van der Waals surface area contributed by atoms with Gasteiger partial charge in [0, 0.05) is 5.41 Å². The average molecular weight is 352 g/mol. The van der Waals surface area contributed by atoms with E-state index >= 15 is 0 Å². The number of rotatable bonds is 2. The van der Waals surface area contributed by atoms with Gasteiger partial charge in [0.2, 0.25) is 0 Å². The summed E-state index contributed by atoms with van der Waals surface area (Å²) < 4.78 is 39.1. The highest BCUT2D eigenvalue weighted by Crippen LogP contribution is 2.63. The van der Waals surface area contributed by atoms with Crippen molar-refractivity contribution in [2.45, 2.75) is 67.0 Å². The first-order valence-electron chi connectivity index (χ1n) is 9.14. The fourth-order valence-electron chi connectivity index (χ4n) is 5.38. The molecule has 2 aliphatic carbocycles. The van der Waals surface area contributed by atoms with Gasteiger partial charge < -0.3 is 0 Å². The van der Waals surface area contributed by atoms with Gasteiger partial charge >= 0.3 is 6.18 Å². The third-order valence-electron chi connectivity index (χ3n) is 5.80. The first-order valence-corrected chi connectivity index (χ1v) is 9.14. The van der Waals surface area contributed by atoms with E-state index in [0.29, 0.717) is 6.42 Å². The minimum absolute atomic E-state index is 0.0348. The second-order valence-electron chi connectivity index (χ2n) is 9.31. The summed E-state index contributed by atoms with van der Waals surface area (Å²) in [4.78, 5) is 0. The Morgan fingerprint density at radius 1 is 0.800 bits per heavy atom. The second kappa shape index (κ2) is 6.48. The van der Waals surface area contributed by atoms with Crippen LogP contribution in [0.3, 0.4) is 0 Å². The van der Waals surface area contributed by atoms with Crippen LogP contribution in [0.4, 0.5) is 13.2 Å². The van der Waals surface area contributed by atoms with Crippen molar-refractivity contribution in [3.63, 3.8) is 0 Å². The maximum Gasteiger partial charge on any atom is 0.416 e. The van der Waals surface area contributed by atoms with Gasteiger partial charge in [0.05, 0.1) is 5.57 Å². The number of allylic oxidation sites excluding steroid dienone is 8. The molecule has 0 bridgehead atoms. The molecule has 0 aromatic rings. The Labute approximate surface area is 150 Å². The summed E-state index contributed by atoms with van der Waals surface area (Å²) in [5.74, 6) is 0.0348. The molecule has 0 aliphatic heterocycles. The molecule has 2 rings (SSSR count). The molecule has 0 radical (unpaired) electrons. The van der Waals surface area contributed by atoms with Crippen LogP contribution in [-0.2, 0) is 0 Å². The maximum atomic E-state index is 13.0. The van der Waals surface area contributed by atoms with Crippen molar-refractivity contribution in [3.8, 4) is 0 Å². The van der Waals surface area contributed by atoms with Crippen molar-refractivity contribution < 1.29 is 13.2 Å². The smallest absolute Gasteiger partial charge is 0.166 e. The Morgan fingerprint density at radius 3 is 1.76 bits per heavy atom. The summed E-state index contributed by atoms with van der Waals surface area (Å²) >= 11 is 0. The van der Waals surface area contributed by atoms with Crippen LogP contribution in [0.5, 0.6) is 0 Å². The van der Waals surface area contributed by atoms with E-state index < -0.39 is 11.7 Å². The van der Waals surface area contributed by atoms with Crippen LogP contribution in [0, 0.1) is 22.2 Å². The summed E-state index contributed by atoms with van der Waals surface area (Å²) in [6.07, 6.45) is 9.37. The standard InChI is InChI=1S/C22H31F3/c1-19(2,3)21(20(4,5)6,16-10-8-7-9-11-16)17-12-14-18(15-13-17)22(23,24)25/h8,10-12,14-15,17H,7,9,13H2,1-6H3. The fraction of sp³-hybridized carbons (Fsp3) is 0.636. The highest BCUT2D eigenvalue weighted by molar-refractivity contribution is 5.39. The minimum Gasteiger partial charge on any atom is -0.166 e. The fourth-order valence-corrected chi connectivity index (χ4v) is 5.38. The largest absolute Gasteiger partial charge is 0.416 e. The molecule has 0 aromatic heterocycles. The predicted octanol–water partition coefficient (Wildman–Crippen LogP) is 7.41. The van der Waals surface area contributed by atoms with E-state index in [-0.39, 0.29) is 22.2 Å². The molecule has 3 heteroatoms. The maximum absolute atomic E-state index is 13.0. The molecule has 0 saturated heterocycles. The zero-order valence-electron chi connectivity index (χ0n) is 16.3. The summed E-state index contributed by atoms with van der Waals surface area (Å²) in [5, 5.41) is 0. The van der Waals surface area contributed by atoms with Gasteiger partial charge in [0.1, 0.15) is 0 Å². The molecular formula is C22H31F3. The second-order valence-corrected chi connectivity index (χ2v) is 9.31. The molecular weight excluding hydrogens is 321 g/mol. The Bertz CT molecular complexity index is 599. The van der Waals surface area contributed by atoms with Gasteiger partial charge in [-0.2, -0.15) is 13.2 Å². The molecule has 0 nitrogen and oxygen atoms in total. The molecule has 2 aliphatic rings. The Kier molecular flexibility index (Phi) is 5.20. The van der Waals surface area contributed by atoms with Crippen LogP contribution >= 0.6 is 0 Å². The third kappa shape index (κ3) is 3.52. The molecule has 140 valence electrons. The first-order chi connectivity index (χ1) is 11.3. The third-order valence-corrected chi connectivity index (χ3v) is 5.80. The molecule has 0 spiro atoms. The molecule has 1 atom stereocenters. The minimum atomic E-state index is -4.27. The monoisotopic (exact) mass is 352 g/mol. The van der Waals surface area contributed by atoms with Crippen molar-refractivity contribution in [2.75, 3.05) is 0 Å². The quantitative estimate of drug-likeness (QED) is 0.485. The Hall–Kier alpha value is -1.25. The summed E-state index contributed by atoms with van der Waals surface area (Å²) in [7, 11) is 0. The van der Waals surface area contributed by atoms with Crippen molar-refractivity contribution in [2.24, 2.45) is 22.2 Å². The molecule has 0 saturated carbocycles.